The van der Waals surface area contributed by atoms with Crippen LogP contribution in [-0.2, 0) is 16.1 Å². The molecule has 0 N–H and O–H groups in total. The summed E-state index contributed by atoms with van der Waals surface area (Å²) in [4.78, 5) is 26.5. The molecule has 1 heterocycles. The summed E-state index contributed by atoms with van der Waals surface area (Å²) >= 11 is 12.3. The van der Waals surface area contributed by atoms with Crippen molar-refractivity contribution in [1.82, 2.24) is 5.16 Å². The summed E-state index contributed by atoms with van der Waals surface area (Å²) < 4.78 is 62.9. The monoisotopic (exact) mass is 592 g/mol. The van der Waals surface area contributed by atoms with Crippen LogP contribution in [0.25, 0.3) is 11.0 Å². The molecule has 0 fully saturated rings. The maximum Gasteiger partial charge on any atom is 0.573 e. The molecule has 0 radical (unpaired) electrons. The fourth-order valence-electron chi connectivity index (χ4n) is 3.06. The lowest BCUT2D eigenvalue weighted by atomic mass is 10.1. The van der Waals surface area contributed by atoms with Crippen LogP contribution in [0.4, 0.5) is 28.6 Å². The van der Waals surface area contributed by atoms with Gasteiger partial charge in [0.25, 0.3) is 0 Å². The maximum atomic E-state index is 13.0. The van der Waals surface area contributed by atoms with Gasteiger partial charge in [-0.2, -0.15) is 4.90 Å². The number of hydrogen-bond acceptors (Lipinski definition) is 8. The number of anilines is 1. The Bertz CT molecular complexity index is 1350. The molecule has 0 unspecified atom stereocenters. The van der Waals surface area contributed by atoms with Gasteiger partial charge in [-0.3, -0.25) is 0 Å². The average molecular weight is 593 g/mol. The van der Waals surface area contributed by atoms with Gasteiger partial charge in [-0.1, -0.05) is 28.4 Å². The number of rotatable bonds is 5. The standard InChI is InChI=1S/C25H25Cl2F3N2O7/c1-23(2,3)37-21(33)32(22(34)38-24(4,5)6)20-15-11-16(26)13(9-19(15)39-31-20)12-35-14-7-8-18(17(27)10-14)36-25(28,29)30/h7-11H,12H2,1-6H3. The van der Waals surface area contributed by atoms with E-state index in [0.29, 0.717) is 10.5 Å². The van der Waals surface area contributed by atoms with Crippen LogP contribution < -0.4 is 14.4 Å². The number of carbonyl (C=O) groups excluding carboxylic acids is 2. The summed E-state index contributed by atoms with van der Waals surface area (Å²) in [6, 6.07) is 6.29. The third kappa shape index (κ3) is 8.30. The Morgan fingerprint density at radius 1 is 0.923 bits per heavy atom. The Morgan fingerprint density at radius 2 is 1.51 bits per heavy atom. The van der Waals surface area contributed by atoms with E-state index in [1.807, 2.05) is 0 Å². The van der Waals surface area contributed by atoms with Crippen LogP contribution in [-0.4, -0.2) is 34.9 Å². The van der Waals surface area contributed by atoms with Gasteiger partial charge in [0.1, 0.15) is 29.3 Å². The van der Waals surface area contributed by atoms with Gasteiger partial charge in [0.15, 0.2) is 11.4 Å². The van der Waals surface area contributed by atoms with Gasteiger partial charge >= 0.3 is 18.5 Å². The summed E-state index contributed by atoms with van der Waals surface area (Å²) in [5, 5.41) is 3.93. The van der Waals surface area contributed by atoms with E-state index in [1.54, 1.807) is 41.5 Å². The lowest BCUT2D eigenvalue weighted by Crippen LogP contribution is -2.44. The molecule has 9 nitrogen and oxygen atoms in total. The Hall–Kier alpha value is -3.38. The first-order valence-electron chi connectivity index (χ1n) is 11.3. The minimum atomic E-state index is -4.90. The van der Waals surface area contributed by atoms with Gasteiger partial charge in [-0.15, -0.1) is 13.2 Å². The number of alkyl halides is 3. The largest absolute Gasteiger partial charge is 0.573 e. The molecule has 3 aromatic rings. The highest BCUT2D eigenvalue weighted by Crippen LogP contribution is 2.35. The number of nitrogens with zero attached hydrogens (tertiary/aromatic N) is 2. The third-order valence-corrected chi connectivity index (χ3v) is 5.15. The molecule has 0 spiro atoms. The van der Waals surface area contributed by atoms with Gasteiger partial charge < -0.3 is 23.5 Å². The van der Waals surface area contributed by atoms with E-state index < -0.39 is 35.5 Å². The van der Waals surface area contributed by atoms with Crippen molar-refractivity contribution in [2.45, 2.75) is 65.7 Å². The zero-order valence-corrected chi connectivity index (χ0v) is 23.2. The number of halogens is 5. The van der Waals surface area contributed by atoms with Crippen LogP contribution in [0, 0.1) is 0 Å². The van der Waals surface area contributed by atoms with Crippen molar-refractivity contribution in [1.29, 1.82) is 0 Å². The normalized spacial score (nSPS) is 12.3. The van der Waals surface area contributed by atoms with Gasteiger partial charge in [0.05, 0.1) is 10.4 Å². The van der Waals surface area contributed by atoms with Crippen LogP contribution in [0.3, 0.4) is 0 Å². The number of hydrogen-bond donors (Lipinski definition) is 0. The molecule has 0 aliphatic rings. The molecule has 3 rings (SSSR count). The summed E-state index contributed by atoms with van der Waals surface area (Å²) in [6.45, 7) is 9.65. The Labute approximate surface area is 231 Å². The zero-order chi connectivity index (χ0) is 29.3. The first kappa shape index (κ1) is 30.2. The second kappa shape index (κ2) is 11.0. The predicted molar refractivity (Wildman–Crippen MR) is 136 cm³/mol. The zero-order valence-electron chi connectivity index (χ0n) is 21.7. The lowest BCUT2D eigenvalue weighted by molar-refractivity contribution is -0.274. The maximum absolute atomic E-state index is 13.0. The topological polar surface area (TPSA) is 100 Å². The van der Waals surface area contributed by atoms with Gasteiger partial charge in [-0.05, 0) is 65.8 Å². The second-order valence-electron chi connectivity index (χ2n) is 10.2. The van der Waals surface area contributed by atoms with Crippen LogP contribution >= 0.6 is 23.2 Å². The molecule has 14 heteroatoms. The minimum Gasteiger partial charge on any atom is -0.489 e. The number of aromatic nitrogens is 1. The van der Waals surface area contributed by atoms with E-state index in [4.69, 9.17) is 41.9 Å². The van der Waals surface area contributed by atoms with Crippen molar-refractivity contribution < 1.29 is 46.2 Å². The van der Waals surface area contributed by atoms with E-state index in [0.717, 1.165) is 12.1 Å². The molecule has 2 amide bonds. The number of imide groups is 1. The molecular formula is C25H25Cl2F3N2O7. The molecule has 0 bridgehead atoms. The van der Waals surface area contributed by atoms with Crippen LogP contribution in [0.1, 0.15) is 47.1 Å². The first-order chi connectivity index (χ1) is 17.8. The highest BCUT2D eigenvalue weighted by Gasteiger charge is 2.36. The van der Waals surface area contributed by atoms with E-state index in [1.165, 1.54) is 18.2 Å². The molecule has 1 aromatic heterocycles. The summed E-state index contributed by atoms with van der Waals surface area (Å²) in [5.41, 5.74) is -1.31. The van der Waals surface area contributed by atoms with Crippen LogP contribution in [0.5, 0.6) is 11.5 Å². The molecule has 0 aliphatic carbocycles. The van der Waals surface area contributed by atoms with Crippen molar-refractivity contribution in [3.8, 4) is 11.5 Å². The van der Waals surface area contributed by atoms with E-state index in [-0.39, 0.29) is 39.2 Å². The molecule has 212 valence electrons. The van der Waals surface area contributed by atoms with E-state index in [9.17, 15) is 22.8 Å². The van der Waals surface area contributed by atoms with Crippen molar-refractivity contribution in [2.24, 2.45) is 0 Å². The van der Waals surface area contributed by atoms with Crippen LogP contribution in [0.15, 0.2) is 34.9 Å². The smallest absolute Gasteiger partial charge is 0.489 e. The van der Waals surface area contributed by atoms with Crippen molar-refractivity contribution in [2.75, 3.05) is 4.90 Å². The van der Waals surface area contributed by atoms with E-state index in [2.05, 4.69) is 9.89 Å². The molecule has 2 aromatic carbocycles. The van der Waals surface area contributed by atoms with Crippen molar-refractivity contribution in [3.05, 3.63) is 45.9 Å². The summed E-state index contributed by atoms with van der Waals surface area (Å²) in [7, 11) is 0. The summed E-state index contributed by atoms with van der Waals surface area (Å²) in [5.74, 6) is -0.635. The number of amides is 2. The lowest BCUT2D eigenvalue weighted by Gasteiger charge is -2.27. The molecule has 0 aliphatic heterocycles. The Kier molecular flexibility index (Phi) is 8.51. The minimum absolute atomic E-state index is 0.136. The average Bonchev–Trinajstić information content (AvgIpc) is 3.12. The highest BCUT2D eigenvalue weighted by molar-refractivity contribution is 6.32. The van der Waals surface area contributed by atoms with Gasteiger partial charge in [0, 0.05) is 16.7 Å². The van der Waals surface area contributed by atoms with E-state index >= 15 is 0 Å². The number of benzene rings is 2. The second-order valence-corrected chi connectivity index (χ2v) is 11.0. The first-order valence-corrected chi connectivity index (χ1v) is 12.1. The Morgan fingerprint density at radius 3 is 2.03 bits per heavy atom. The Balaban J connectivity index is 1.89. The SMILES string of the molecule is CC(C)(C)OC(=O)N(C(=O)OC(C)(C)C)c1noc2cc(COc3ccc(OC(F)(F)F)c(Cl)c3)c(Cl)cc12. The number of ether oxygens (including phenoxy) is 4. The summed E-state index contributed by atoms with van der Waals surface area (Å²) in [6.07, 6.45) is -6.97. The number of fused-ring (bicyclic) bond motifs is 1. The molecular weight excluding hydrogens is 568 g/mol. The van der Waals surface area contributed by atoms with Crippen LogP contribution in [0.2, 0.25) is 10.0 Å². The molecule has 0 atom stereocenters. The molecule has 0 saturated heterocycles. The highest BCUT2D eigenvalue weighted by atomic mass is 35.5. The fourth-order valence-corrected chi connectivity index (χ4v) is 3.49. The molecule has 0 saturated carbocycles. The number of carbonyl (C=O) groups is 2. The van der Waals surface area contributed by atoms with Gasteiger partial charge in [-0.25, -0.2) is 9.59 Å². The molecule has 39 heavy (non-hydrogen) atoms. The quantitative estimate of drug-likeness (QED) is 0.291. The van der Waals surface area contributed by atoms with Crippen molar-refractivity contribution in [3.63, 3.8) is 0 Å². The van der Waals surface area contributed by atoms with Crippen molar-refractivity contribution >= 4 is 52.2 Å². The third-order valence-electron chi connectivity index (χ3n) is 4.51. The van der Waals surface area contributed by atoms with Gasteiger partial charge in [0.2, 0.25) is 0 Å². The fraction of sp³-hybridized carbons (Fsp3) is 0.400. The predicted octanol–water partition coefficient (Wildman–Crippen LogP) is 8.29.